The summed E-state index contributed by atoms with van der Waals surface area (Å²) in [6.45, 7) is 1.96. The lowest BCUT2D eigenvalue weighted by Gasteiger charge is -2.08. The van der Waals surface area contributed by atoms with Crippen LogP contribution in [0.3, 0.4) is 0 Å². The average molecular weight is 283 g/mol. The Kier molecular flexibility index (Phi) is 6.21. The molecular formula is C13H17NO4S. The Morgan fingerprint density at radius 1 is 1.47 bits per heavy atom. The fourth-order valence-corrected chi connectivity index (χ4v) is 1.95. The lowest BCUT2D eigenvalue weighted by atomic mass is 10.2. The highest BCUT2D eigenvalue weighted by Crippen LogP contribution is 2.13. The van der Waals surface area contributed by atoms with Crippen LogP contribution in [0.5, 0.6) is 5.75 Å². The molecule has 0 saturated heterocycles. The third-order valence-electron chi connectivity index (χ3n) is 2.44. The number of thioether (sulfide) groups is 1. The monoisotopic (exact) mass is 283 g/mol. The molecule has 0 heterocycles. The fraction of sp³-hybridized carbons (Fsp3) is 0.385. The number of ether oxygens (including phenoxy) is 1. The van der Waals surface area contributed by atoms with Crippen molar-refractivity contribution in [1.82, 2.24) is 5.32 Å². The van der Waals surface area contributed by atoms with Gasteiger partial charge in [-0.3, -0.25) is 9.59 Å². The highest BCUT2D eigenvalue weighted by Gasteiger charge is 2.13. The SMILES string of the molecule is COc1cccc(CNC(=O)CSC(C)C(=O)O)c1. The van der Waals surface area contributed by atoms with E-state index in [-0.39, 0.29) is 11.7 Å². The van der Waals surface area contributed by atoms with E-state index in [1.54, 1.807) is 14.0 Å². The highest BCUT2D eigenvalue weighted by molar-refractivity contribution is 8.01. The molecule has 0 radical (unpaired) electrons. The number of benzene rings is 1. The predicted molar refractivity (Wildman–Crippen MR) is 74.4 cm³/mol. The first-order valence-electron chi connectivity index (χ1n) is 5.77. The molecule has 104 valence electrons. The number of carboxylic acids is 1. The van der Waals surface area contributed by atoms with Crippen LogP contribution >= 0.6 is 11.8 Å². The van der Waals surface area contributed by atoms with Gasteiger partial charge in [-0.2, -0.15) is 0 Å². The van der Waals surface area contributed by atoms with Gasteiger partial charge in [0.1, 0.15) is 5.75 Å². The molecule has 0 fully saturated rings. The number of nitrogens with one attached hydrogen (secondary N) is 1. The van der Waals surface area contributed by atoms with Crippen LogP contribution in [0.1, 0.15) is 12.5 Å². The van der Waals surface area contributed by atoms with Gasteiger partial charge in [-0.25, -0.2) is 0 Å². The zero-order valence-corrected chi connectivity index (χ0v) is 11.7. The lowest BCUT2D eigenvalue weighted by molar-refractivity contribution is -0.136. The number of methoxy groups -OCH3 is 1. The standard InChI is InChI=1S/C13H17NO4S/c1-9(13(16)17)19-8-12(15)14-7-10-4-3-5-11(6-10)18-2/h3-6,9H,7-8H2,1-2H3,(H,14,15)(H,16,17). The van der Waals surface area contributed by atoms with Crippen molar-refractivity contribution in [3.63, 3.8) is 0 Å². The van der Waals surface area contributed by atoms with Crippen molar-refractivity contribution >= 4 is 23.6 Å². The van der Waals surface area contributed by atoms with E-state index in [0.717, 1.165) is 23.1 Å². The molecule has 0 aliphatic heterocycles. The van der Waals surface area contributed by atoms with Gasteiger partial charge in [0.25, 0.3) is 0 Å². The van der Waals surface area contributed by atoms with Crippen molar-refractivity contribution in [3.8, 4) is 5.75 Å². The molecule has 0 spiro atoms. The molecule has 0 aliphatic carbocycles. The minimum atomic E-state index is -0.911. The molecule has 0 bridgehead atoms. The van der Waals surface area contributed by atoms with E-state index in [2.05, 4.69) is 5.32 Å². The van der Waals surface area contributed by atoms with Crippen LogP contribution in [0.25, 0.3) is 0 Å². The second-order valence-electron chi connectivity index (χ2n) is 3.92. The summed E-state index contributed by atoms with van der Waals surface area (Å²) in [5.41, 5.74) is 0.934. The maximum absolute atomic E-state index is 11.5. The summed E-state index contributed by atoms with van der Waals surface area (Å²) in [5.74, 6) is -0.218. The Morgan fingerprint density at radius 2 is 2.21 bits per heavy atom. The number of aliphatic carboxylic acids is 1. The topological polar surface area (TPSA) is 75.6 Å². The van der Waals surface area contributed by atoms with E-state index in [4.69, 9.17) is 9.84 Å². The molecule has 1 unspecified atom stereocenters. The van der Waals surface area contributed by atoms with Crippen LogP contribution in [-0.2, 0) is 16.1 Å². The molecule has 19 heavy (non-hydrogen) atoms. The quantitative estimate of drug-likeness (QED) is 0.793. The first-order valence-corrected chi connectivity index (χ1v) is 6.82. The largest absolute Gasteiger partial charge is 0.497 e. The summed E-state index contributed by atoms with van der Waals surface area (Å²) in [7, 11) is 1.58. The lowest BCUT2D eigenvalue weighted by Crippen LogP contribution is -2.26. The van der Waals surface area contributed by atoms with Gasteiger partial charge >= 0.3 is 5.97 Å². The number of hydrogen-bond acceptors (Lipinski definition) is 4. The van der Waals surface area contributed by atoms with E-state index < -0.39 is 11.2 Å². The zero-order valence-electron chi connectivity index (χ0n) is 10.9. The van der Waals surface area contributed by atoms with Crippen LogP contribution in [0.4, 0.5) is 0 Å². The summed E-state index contributed by atoms with van der Waals surface area (Å²) in [4.78, 5) is 22.1. The van der Waals surface area contributed by atoms with Crippen LogP contribution in [0.2, 0.25) is 0 Å². The van der Waals surface area contributed by atoms with E-state index in [0.29, 0.717) is 6.54 Å². The minimum Gasteiger partial charge on any atom is -0.497 e. The zero-order chi connectivity index (χ0) is 14.3. The third kappa shape index (κ3) is 5.65. The smallest absolute Gasteiger partial charge is 0.316 e. The maximum Gasteiger partial charge on any atom is 0.316 e. The Labute approximate surface area is 116 Å². The van der Waals surface area contributed by atoms with Gasteiger partial charge in [-0.1, -0.05) is 12.1 Å². The first kappa shape index (κ1) is 15.4. The Morgan fingerprint density at radius 3 is 2.84 bits per heavy atom. The van der Waals surface area contributed by atoms with E-state index in [9.17, 15) is 9.59 Å². The van der Waals surface area contributed by atoms with Crippen molar-refractivity contribution < 1.29 is 19.4 Å². The van der Waals surface area contributed by atoms with Crippen LogP contribution < -0.4 is 10.1 Å². The Balaban J connectivity index is 2.35. The summed E-state index contributed by atoms with van der Waals surface area (Å²) in [5, 5.41) is 10.8. The molecule has 1 aromatic carbocycles. The van der Waals surface area contributed by atoms with Gasteiger partial charge in [-0.05, 0) is 24.6 Å². The Hall–Kier alpha value is -1.69. The van der Waals surface area contributed by atoms with Crippen LogP contribution in [0, 0.1) is 0 Å². The molecule has 5 nitrogen and oxygen atoms in total. The number of carbonyl (C=O) groups is 2. The van der Waals surface area contributed by atoms with Crippen molar-refractivity contribution in [2.24, 2.45) is 0 Å². The molecule has 0 saturated carbocycles. The van der Waals surface area contributed by atoms with Crippen molar-refractivity contribution in [1.29, 1.82) is 0 Å². The first-order chi connectivity index (χ1) is 9.02. The minimum absolute atomic E-state index is 0.136. The molecule has 1 atom stereocenters. The average Bonchev–Trinajstić information content (AvgIpc) is 2.42. The maximum atomic E-state index is 11.5. The van der Waals surface area contributed by atoms with E-state index in [1.165, 1.54) is 0 Å². The number of carbonyl (C=O) groups excluding carboxylic acids is 1. The van der Waals surface area contributed by atoms with Crippen molar-refractivity contribution in [2.75, 3.05) is 12.9 Å². The van der Waals surface area contributed by atoms with E-state index >= 15 is 0 Å². The molecular weight excluding hydrogens is 266 g/mol. The molecule has 1 rings (SSSR count). The Bertz CT molecular complexity index is 450. The van der Waals surface area contributed by atoms with Gasteiger partial charge in [-0.15, -0.1) is 11.8 Å². The number of rotatable bonds is 7. The van der Waals surface area contributed by atoms with Crippen LogP contribution in [0.15, 0.2) is 24.3 Å². The van der Waals surface area contributed by atoms with E-state index in [1.807, 2.05) is 24.3 Å². The molecule has 0 aliphatic rings. The van der Waals surface area contributed by atoms with Gasteiger partial charge in [0.15, 0.2) is 0 Å². The van der Waals surface area contributed by atoms with Crippen molar-refractivity contribution in [2.45, 2.75) is 18.7 Å². The molecule has 6 heteroatoms. The van der Waals surface area contributed by atoms with Gasteiger partial charge in [0.05, 0.1) is 18.1 Å². The molecule has 1 aromatic rings. The molecule has 0 aromatic heterocycles. The summed E-state index contributed by atoms with van der Waals surface area (Å²) in [6.07, 6.45) is 0. The second kappa shape index (κ2) is 7.68. The van der Waals surface area contributed by atoms with Gasteiger partial charge in [0.2, 0.25) is 5.91 Å². The number of amides is 1. The second-order valence-corrected chi connectivity index (χ2v) is 5.25. The van der Waals surface area contributed by atoms with Crippen LogP contribution in [-0.4, -0.2) is 35.1 Å². The number of hydrogen-bond donors (Lipinski definition) is 2. The summed E-state index contributed by atoms with van der Waals surface area (Å²) >= 11 is 1.10. The van der Waals surface area contributed by atoms with Crippen molar-refractivity contribution in [3.05, 3.63) is 29.8 Å². The van der Waals surface area contributed by atoms with Gasteiger partial charge < -0.3 is 15.2 Å². The molecule has 2 N–H and O–H groups in total. The summed E-state index contributed by atoms with van der Waals surface area (Å²) < 4.78 is 5.08. The number of carboxylic acid groups (broad SMARTS) is 1. The predicted octanol–water partition coefficient (Wildman–Crippen LogP) is 1.52. The third-order valence-corrected chi connectivity index (χ3v) is 3.57. The normalized spacial score (nSPS) is 11.7. The van der Waals surface area contributed by atoms with Gasteiger partial charge in [0, 0.05) is 6.54 Å². The fourth-order valence-electron chi connectivity index (χ4n) is 1.31. The summed E-state index contributed by atoms with van der Waals surface area (Å²) in [6, 6.07) is 7.40. The highest BCUT2D eigenvalue weighted by atomic mass is 32.2. The molecule has 1 amide bonds.